The van der Waals surface area contributed by atoms with Crippen LogP contribution in [0.15, 0.2) is 72.8 Å². The number of aromatic nitrogens is 1. The van der Waals surface area contributed by atoms with E-state index in [2.05, 4.69) is 49.2 Å². The maximum absolute atomic E-state index is 13.9. The van der Waals surface area contributed by atoms with Gasteiger partial charge in [-0.05, 0) is 59.9 Å². The molecule has 2 aliphatic rings. The standard InChI is InChI=1S/C30H29N3O3/c1-4-36-22-15-13-21(14-16-22)32-29(34)26-17-24-23-7-5-6-8-25(23)31-27(24)28(33(26)30(32)35)20-11-9-19(10-12-20)18(2)3/h5-16,18,26,28,31H,4,17H2,1-3H3/t26-,28?/m1/s1. The van der Waals surface area contributed by atoms with E-state index < -0.39 is 6.04 Å². The highest BCUT2D eigenvalue weighted by Gasteiger charge is 2.53. The first-order valence-electron chi connectivity index (χ1n) is 12.6. The fourth-order valence-electron chi connectivity index (χ4n) is 5.58. The molecule has 4 aromatic rings. The number of hydrogen-bond acceptors (Lipinski definition) is 3. The number of nitrogens with zero attached hydrogens (tertiary/aromatic N) is 2. The molecule has 1 aromatic heterocycles. The van der Waals surface area contributed by atoms with Crippen molar-refractivity contribution >= 4 is 28.5 Å². The van der Waals surface area contributed by atoms with Crippen molar-refractivity contribution in [3.8, 4) is 5.75 Å². The maximum atomic E-state index is 13.9. The van der Waals surface area contributed by atoms with Gasteiger partial charge >= 0.3 is 6.03 Å². The summed E-state index contributed by atoms with van der Waals surface area (Å²) in [6.45, 7) is 6.81. The first-order chi connectivity index (χ1) is 17.5. The van der Waals surface area contributed by atoms with Gasteiger partial charge in [0.2, 0.25) is 0 Å². The number of amides is 3. The summed E-state index contributed by atoms with van der Waals surface area (Å²) in [6, 6.07) is 22.5. The number of nitrogens with one attached hydrogen (secondary N) is 1. The number of benzene rings is 3. The SMILES string of the molecule is CCOc1ccc(N2C(=O)[C@H]3Cc4c([nH]c5ccccc45)C(c4ccc(C(C)C)cc4)N3C2=O)cc1. The minimum Gasteiger partial charge on any atom is -0.494 e. The summed E-state index contributed by atoms with van der Waals surface area (Å²) in [4.78, 5) is 34.4. The van der Waals surface area contributed by atoms with Crippen molar-refractivity contribution in [2.24, 2.45) is 0 Å². The molecule has 3 heterocycles. The van der Waals surface area contributed by atoms with Crippen LogP contribution in [-0.4, -0.2) is 34.5 Å². The van der Waals surface area contributed by atoms with E-state index in [9.17, 15) is 9.59 Å². The summed E-state index contributed by atoms with van der Waals surface area (Å²) in [6.07, 6.45) is 0.484. The van der Waals surface area contributed by atoms with Crippen molar-refractivity contribution in [2.75, 3.05) is 11.5 Å². The van der Waals surface area contributed by atoms with Crippen LogP contribution in [0.4, 0.5) is 10.5 Å². The van der Waals surface area contributed by atoms with Crippen LogP contribution in [0.1, 0.15) is 55.1 Å². The van der Waals surface area contributed by atoms with Crippen LogP contribution >= 0.6 is 0 Å². The fourth-order valence-corrected chi connectivity index (χ4v) is 5.58. The number of rotatable bonds is 5. The maximum Gasteiger partial charge on any atom is 0.332 e. The van der Waals surface area contributed by atoms with Crippen molar-refractivity contribution in [1.29, 1.82) is 0 Å². The number of H-pyrrole nitrogens is 1. The Hall–Kier alpha value is -4.06. The molecule has 2 aliphatic heterocycles. The predicted octanol–water partition coefficient (Wildman–Crippen LogP) is 6.17. The van der Waals surface area contributed by atoms with Crippen molar-refractivity contribution in [2.45, 2.75) is 45.2 Å². The molecule has 0 aliphatic carbocycles. The van der Waals surface area contributed by atoms with Crippen molar-refractivity contribution in [3.05, 3.63) is 95.2 Å². The van der Waals surface area contributed by atoms with Gasteiger partial charge in [0.1, 0.15) is 17.8 Å². The summed E-state index contributed by atoms with van der Waals surface area (Å²) >= 11 is 0. The van der Waals surface area contributed by atoms with Gasteiger partial charge in [-0.1, -0.05) is 56.3 Å². The summed E-state index contributed by atoms with van der Waals surface area (Å²) in [5.74, 6) is 0.929. The van der Waals surface area contributed by atoms with Gasteiger partial charge in [-0.3, -0.25) is 9.69 Å². The average molecular weight is 480 g/mol. The van der Waals surface area contributed by atoms with Gasteiger partial charge in [-0.25, -0.2) is 9.69 Å². The number of aromatic amines is 1. The number of imide groups is 1. The Bertz CT molecular complexity index is 1450. The molecule has 2 atom stereocenters. The summed E-state index contributed by atoms with van der Waals surface area (Å²) < 4.78 is 5.54. The molecule has 3 amide bonds. The zero-order chi connectivity index (χ0) is 25.0. The lowest BCUT2D eigenvalue weighted by Crippen LogP contribution is -2.44. The Morgan fingerprint density at radius 2 is 1.69 bits per heavy atom. The number of para-hydroxylation sites is 1. The van der Waals surface area contributed by atoms with Gasteiger partial charge in [0.25, 0.3) is 5.91 Å². The lowest BCUT2D eigenvalue weighted by atomic mass is 9.88. The number of ether oxygens (including phenoxy) is 1. The quantitative estimate of drug-likeness (QED) is 0.348. The largest absolute Gasteiger partial charge is 0.494 e. The van der Waals surface area contributed by atoms with E-state index in [0.29, 0.717) is 30.4 Å². The molecule has 6 rings (SSSR count). The molecule has 0 bridgehead atoms. The molecule has 182 valence electrons. The molecule has 36 heavy (non-hydrogen) atoms. The average Bonchev–Trinajstić information content (AvgIpc) is 3.38. The lowest BCUT2D eigenvalue weighted by molar-refractivity contribution is -0.120. The molecule has 0 saturated carbocycles. The second-order valence-electron chi connectivity index (χ2n) is 9.80. The zero-order valence-corrected chi connectivity index (χ0v) is 20.7. The Morgan fingerprint density at radius 3 is 2.39 bits per heavy atom. The summed E-state index contributed by atoms with van der Waals surface area (Å²) in [7, 11) is 0. The zero-order valence-electron chi connectivity index (χ0n) is 20.7. The molecule has 1 N–H and O–H groups in total. The van der Waals surface area contributed by atoms with E-state index in [1.807, 2.05) is 25.1 Å². The first kappa shape index (κ1) is 22.4. The van der Waals surface area contributed by atoms with Gasteiger partial charge < -0.3 is 9.72 Å². The highest BCUT2D eigenvalue weighted by Crippen LogP contribution is 2.45. The molecular weight excluding hydrogens is 450 g/mol. The third-order valence-corrected chi connectivity index (χ3v) is 7.37. The Morgan fingerprint density at radius 1 is 0.972 bits per heavy atom. The van der Waals surface area contributed by atoms with Crippen LogP contribution in [0, 0.1) is 0 Å². The normalized spacial score (nSPS) is 19.2. The third-order valence-electron chi connectivity index (χ3n) is 7.37. The molecule has 6 nitrogen and oxygen atoms in total. The van der Waals surface area contributed by atoms with E-state index in [0.717, 1.165) is 27.7 Å². The van der Waals surface area contributed by atoms with Gasteiger partial charge in [0, 0.05) is 23.0 Å². The van der Waals surface area contributed by atoms with Crippen LogP contribution in [-0.2, 0) is 11.2 Å². The number of fused-ring (bicyclic) bond motifs is 4. The van der Waals surface area contributed by atoms with Crippen molar-refractivity contribution < 1.29 is 14.3 Å². The molecule has 1 saturated heterocycles. The first-order valence-corrected chi connectivity index (χ1v) is 12.6. The predicted molar refractivity (Wildman–Crippen MR) is 140 cm³/mol. The number of hydrogen-bond donors (Lipinski definition) is 1. The van der Waals surface area contributed by atoms with E-state index in [1.165, 1.54) is 10.5 Å². The molecule has 3 aromatic carbocycles. The minimum atomic E-state index is -0.564. The van der Waals surface area contributed by atoms with Gasteiger partial charge in [0.15, 0.2) is 0 Å². The number of anilines is 1. The molecule has 1 unspecified atom stereocenters. The highest BCUT2D eigenvalue weighted by atomic mass is 16.5. The third kappa shape index (κ3) is 3.40. The van der Waals surface area contributed by atoms with Gasteiger partial charge in [-0.2, -0.15) is 0 Å². The summed E-state index contributed by atoms with van der Waals surface area (Å²) in [5.41, 5.74) is 5.91. The molecule has 1 fully saturated rings. The topological polar surface area (TPSA) is 65.6 Å². The van der Waals surface area contributed by atoms with Gasteiger partial charge in [-0.15, -0.1) is 0 Å². The minimum absolute atomic E-state index is 0.191. The van der Waals surface area contributed by atoms with E-state index >= 15 is 0 Å². The van der Waals surface area contributed by atoms with E-state index in [1.54, 1.807) is 29.2 Å². The molecule has 0 radical (unpaired) electrons. The second kappa shape index (κ2) is 8.55. The van der Waals surface area contributed by atoms with Crippen LogP contribution in [0.5, 0.6) is 5.75 Å². The Balaban J connectivity index is 1.47. The molecule has 6 heteroatoms. The van der Waals surface area contributed by atoms with E-state index in [-0.39, 0.29) is 18.0 Å². The Labute approximate surface area is 210 Å². The van der Waals surface area contributed by atoms with E-state index in [4.69, 9.17) is 4.74 Å². The summed E-state index contributed by atoms with van der Waals surface area (Å²) in [5, 5.41) is 1.11. The highest BCUT2D eigenvalue weighted by molar-refractivity contribution is 6.22. The van der Waals surface area contributed by atoms with Crippen LogP contribution in [0.2, 0.25) is 0 Å². The number of carbonyl (C=O) groups is 2. The Kier molecular flexibility index (Phi) is 5.32. The van der Waals surface area contributed by atoms with Crippen molar-refractivity contribution in [1.82, 2.24) is 9.88 Å². The van der Waals surface area contributed by atoms with Gasteiger partial charge in [0.05, 0.1) is 12.3 Å². The van der Waals surface area contributed by atoms with Crippen LogP contribution in [0.3, 0.4) is 0 Å². The second-order valence-corrected chi connectivity index (χ2v) is 9.80. The monoisotopic (exact) mass is 479 g/mol. The smallest absolute Gasteiger partial charge is 0.332 e. The van der Waals surface area contributed by atoms with Crippen molar-refractivity contribution in [3.63, 3.8) is 0 Å². The van der Waals surface area contributed by atoms with Crippen LogP contribution < -0.4 is 9.64 Å². The lowest BCUT2D eigenvalue weighted by Gasteiger charge is -2.36. The number of carbonyl (C=O) groups excluding carboxylic acids is 2. The molecular formula is C30H29N3O3. The molecule has 0 spiro atoms. The fraction of sp³-hybridized carbons (Fsp3) is 0.267. The van der Waals surface area contributed by atoms with Crippen LogP contribution in [0.25, 0.3) is 10.9 Å². The number of urea groups is 1.